The quantitative estimate of drug-likeness (QED) is 0.770. The highest BCUT2D eigenvalue weighted by Gasteiger charge is 2.22. The summed E-state index contributed by atoms with van der Waals surface area (Å²) in [6.45, 7) is 2.89. The van der Waals surface area contributed by atoms with Gasteiger partial charge in [0, 0.05) is 12.6 Å². The Hall–Kier alpha value is -1.55. The van der Waals surface area contributed by atoms with Crippen LogP contribution in [0.2, 0.25) is 0 Å². The molecule has 19 heavy (non-hydrogen) atoms. The number of unbranched alkanes of at least 4 members (excludes halogenated alkanes) is 1. The normalized spacial score (nSPS) is 17.1. The maximum Gasteiger partial charge on any atom is 0.257 e. The smallest absolute Gasteiger partial charge is 0.257 e. The van der Waals surface area contributed by atoms with Crippen molar-refractivity contribution in [2.75, 3.05) is 13.2 Å². The van der Waals surface area contributed by atoms with E-state index in [-0.39, 0.29) is 18.6 Å². The Labute approximate surface area is 114 Å². The van der Waals surface area contributed by atoms with Crippen molar-refractivity contribution < 1.29 is 9.53 Å². The summed E-state index contributed by atoms with van der Waals surface area (Å²) in [6.07, 6.45) is 3.97. The third-order valence-electron chi connectivity index (χ3n) is 3.49. The van der Waals surface area contributed by atoms with Crippen LogP contribution in [-0.4, -0.2) is 19.1 Å². The van der Waals surface area contributed by atoms with Gasteiger partial charge in [-0.05, 0) is 36.5 Å². The first-order valence-corrected chi connectivity index (χ1v) is 6.99. The third-order valence-corrected chi connectivity index (χ3v) is 3.49. The first kappa shape index (κ1) is 13.9. The van der Waals surface area contributed by atoms with Crippen molar-refractivity contribution in [2.24, 2.45) is 5.73 Å². The fourth-order valence-electron chi connectivity index (χ4n) is 2.39. The molecule has 4 nitrogen and oxygen atoms in total. The van der Waals surface area contributed by atoms with Crippen LogP contribution < -0.4 is 15.8 Å². The predicted octanol–water partition coefficient (Wildman–Crippen LogP) is 1.93. The van der Waals surface area contributed by atoms with Crippen LogP contribution in [0, 0.1) is 0 Å². The summed E-state index contributed by atoms with van der Waals surface area (Å²) in [7, 11) is 0. The van der Waals surface area contributed by atoms with Crippen LogP contribution in [0.15, 0.2) is 18.2 Å². The minimum absolute atomic E-state index is 0.0617. The molecular weight excluding hydrogens is 240 g/mol. The summed E-state index contributed by atoms with van der Waals surface area (Å²) in [5.74, 6) is 0.740. The van der Waals surface area contributed by atoms with Crippen LogP contribution in [-0.2, 0) is 11.2 Å². The molecule has 1 atom stereocenters. The highest BCUT2D eigenvalue weighted by molar-refractivity contribution is 5.77. The van der Waals surface area contributed by atoms with E-state index in [1.807, 2.05) is 18.2 Å². The molecule has 3 N–H and O–H groups in total. The van der Waals surface area contributed by atoms with Crippen molar-refractivity contribution in [3.63, 3.8) is 0 Å². The number of hydrogen-bond donors (Lipinski definition) is 2. The molecule has 1 aliphatic carbocycles. The number of rotatable bonds is 6. The van der Waals surface area contributed by atoms with E-state index in [1.54, 1.807) is 0 Å². The van der Waals surface area contributed by atoms with Crippen LogP contribution >= 0.6 is 0 Å². The van der Waals surface area contributed by atoms with E-state index in [1.165, 1.54) is 0 Å². The van der Waals surface area contributed by atoms with Crippen molar-refractivity contribution in [1.29, 1.82) is 0 Å². The van der Waals surface area contributed by atoms with Crippen LogP contribution in [0.4, 0.5) is 0 Å². The van der Waals surface area contributed by atoms with Crippen LogP contribution in [0.1, 0.15) is 43.4 Å². The topological polar surface area (TPSA) is 64.3 Å². The van der Waals surface area contributed by atoms with Gasteiger partial charge in [-0.15, -0.1) is 0 Å². The number of hydrogen-bond acceptors (Lipinski definition) is 3. The Morgan fingerprint density at radius 1 is 1.53 bits per heavy atom. The maximum atomic E-state index is 11.6. The minimum atomic E-state index is -0.0617. The van der Waals surface area contributed by atoms with Gasteiger partial charge in [0.1, 0.15) is 5.75 Å². The Balaban J connectivity index is 1.89. The van der Waals surface area contributed by atoms with Crippen LogP contribution in [0.3, 0.4) is 0 Å². The van der Waals surface area contributed by atoms with E-state index < -0.39 is 0 Å². The molecular formula is C15H22N2O2. The number of nitrogens with one attached hydrogen (secondary N) is 1. The van der Waals surface area contributed by atoms with E-state index in [4.69, 9.17) is 10.5 Å². The number of carbonyl (C=O) groups excluding carboxylic acids is 1. The van der Waals surface area contributed by atoms with Crippen molar-refractivity contribution in [3.8, 4) is 5.75 Å². The third kappa shape index (κ3) is 3.47. The summed E-state index contributed by atoms with van der Waals surface area (Å²) in [5.41, 5.74) is 8.34. The van der Waals surface area contributed by atoms with Gasteiger partial charge in [0.25, 0.3) is 5.91 Å². The highest BCUT2D eigenvalue weighted by atomic mass is 16.5. The van der Waals surface area contributed by atoms with Crippen LogP contribution in [0.5, 0.6) is 5.75 Å². The van der Waals surface area contributed by atoms with E-state index in [9.17, 15) is 4.79 Å². The predicted molar refractivity (Wildman–Crippen MR) is 75.1 cm³/mol. The average molecular weight is 262 g/mol. The van der Waals surface area contributed by atoms with Crippen LogP contribution in [0.25, 0.3) is 0 Å². The average Bonchev–Trinajstić information content (AvgIpc) is 2.79. The van der Waals surface area contributed by atoms with Gasteiger partial charge in [-0.3, -0.25) is 4.79 Å². The Morgan fingerprint density at radius 3 is 3.16 bits per heavy atom. The first-order valence-electron chi connectivity index (χ1n) is 6.99. The molecule has 0 heterocycles. The second-order valence-electron chi connectivity index (χ2n) is 4.96. The second kappa shape index (κ2) is 6.57. The highest BCUT2D eigenvalue weighted by Crippen LogP contribution is 2.35. The Kier molecular flexibility index (Phi) is 4.80. The molecule has 1 unspecified atom stereocenters. The van der Waals surface area contributed by atoms with Gasteiger partial charge in [-0.25, -0.2) is 0 Å². The minimum Gasteiger partial charge on any atom is -0.483 e. The molecule has 2 rings (SSSR count). The summed E-state index contributed by atoms with van der Waals surface area (Å²) in [5, 5.41) is 2.84. The molecule has 0 aromatic heterocycles. The first-order chi connectivity index (χ1) is 9.22. The molecule has 104 valence electrons. The van der Waals surface area contributed by atoms with Crippen molar-refractivity contribution >= 4 is 5.91 Å². The summed E-state index contributed by atoms with van der Waals surface area (Å²) in [6, 6.07) is 6.00. The Morgan fingerprint density at radius 2 is 2.37 bits per heavy atom. The second-order valence-corrected chi connectivity index (χ2v) is 4.96. The number of carbonyl (C=O) groups is 1. The standard InChI is InChI=1S/C15H22N2O2/c1-2-3-9-17-15(18)10-19-14-6-4-5-11-12(14)7-8-13(11)16/h4-6,13H,2-3,7-10,16H2,1H3,(H,17,18). The lowest BCUT2D eigenvalue weighted by atomic mass is 10.1. The van der Waals surface area contributed by atoms with Gasteiger partial charge in [0.05, 0.1) is 0 Å². The van der Waals surface area contributed by atoms with Crippen molar-refractivity contribution in [1.82, 2.24) is 5.32 Å². The fraction of sp³-hybridized carbons (Fsp3) is 0.533. The fourth-order valence-corrected chi connectivity index (χ4v) is 2.39. The summed E-state index contributed by atoms with van der Waals surface area (Å²) >= 11 is 0. The molecule has 0 bridgehead atoms. The van der Waals surface area contributed by atoms with Gasteiger partial charge in [-0.2, -0.15) is 0 Å². The van der Waals surface area contributed by atoms with Gasteiger partial charge in [-0.1, -0.05) is 25.5 Å². The molecule has 0 spiro atoms. The molecule has 1 aromatic carbocycles. The van der Waals surface area contributed by atoms with E-state index in [2.05, 4.69) is 12.2 Å². The zero-order chi connectivity index (χ0) is 13.7. The SMILES string of the molecule is CCCCNC(=O)COc1cccc2c1CCC2N. The maximum absolute atomic E-state index is 11.6. The summed E-state index contributed by atoms with van der Waals surface area (Å²) < 4.78 is 5.62. The molecule has 4 heteroatoms. The Bertz CT molecular complexity index is 446. The number of nitrogens with two attached hydrogens (primary N) is 1. The lowest BCUT2D eigenvalue weighted by Crippen LogP contribution is -2.29. The zero-order valence-corrected chi connectivity index (χ0v) is 11.4. The molecule has 0 aliphatic heterocycles. The lowest BCUT2D eigenvalue weighted by Gasteiger charge is -2.11. The van der Waals surface area contributed by atoms with Crippen molar-refractivity contribution in [3.05, 3.63) is 29.3 Å². The number of amides is 1. The molecule has 0 saturated carbocycles. The van der Waals surface area contributed by atoms with E-state index in [0.717, 1.165) is 49.1 Å². The number of ether oxygens (including phenoxy) is 1. The van der Waals surface area contributed by atoms with Gasteiger partial charge >= 0.3 is 0 Å². The molecule has 1 amide bonds. The molecule has 1 aliphatic rings. The number of benzene rings is 1. The summed E-state index contributed by atoms with van der Waals surface area (Å²) in [4.78, 5) is 11.6. The van der Waals surface area contributed by atoms with Gasteiger partial charge < -0.3 is 15.8 Å². The van der Waals surface area contributed by atoms with Crippen molar-refractivity contribution in [2.45, 2.75) is 38.6 Å². The monoisotopic (exact) mass is 262 g/mol. The molecule has 0 saturated heterocycles. The number of fused-ring (bicyclic) bond motifs is 1. The largest absolute Gasteiger partial charge is 0.483 e. The molecule has 0 fully saturated rings. The van der Waals surface area contributed by atoms with Gasteiger partial charge in [0.2, 0.25) is 0 Å². The van der Waals surface area contributed by atoms with Gasteiger partial charge in [0.15, 0.2) is 6.61 Å². The molecule has 0 radical (unpaired) electrons. The zero-order valence-electron chi connectivity index (χ0n) is 11.4. The molecule has 1 aromatic rings. The van der Waals surface area contributed by atoms with E-state index >= 15 is 0 Å². The lowest BCUT2D eigenvalue weighted by molar-refractivity contribution is -0.123. The van der Waals surface area contributed by atoms with E-state index in [0.29, 0.717) is 0 Å².